The molecule has 0 radical (unpaired) electrons. The third-order valence-electron chi connectivity index (χ3n) is 3.06. The van der Waals surface area contributed by atoms with Crippen molar-refractivity contribution in [2.45, 2.75) is 51.7 Å². The summed E-state index contributed by atoms with van der Waals surface area (Å²) in [5.41, 5.74) is -0.292. The van der Waals surface area contributed by atoms with Crippen LogP contribution in [0.4, 0.5) is 0 Å². The highest BCUT2D eigenvalue weighted by Gasteiger charge is 2.33. The van der Waals surface area contributed by atoms with Crippen LogP contribution in [-0.2, 0) is 14.3 Å². The molecule has 1 rings (SSSR count). The average molecular weight is 272 g/mol. The van der Waals surface area contributed by atoms with Gasteiger partial charge in [-0.15, -0.1) is 0 Å². The van der Waals surface area contributed by atoms with E-state index in [1.54, 1.807) is 6.92 Å². The van der Waals surface area contributed by atoms with Crippen molar-refractivity contribution in [3.8, 4) is 0 Å². The van der Waals surface area contributed by atoms with Crippen LogP contribution in [-0.4, -0.2) is 59.3 Å². The van der Waals surface area contributed by atoms with Crippen molar-refractivity contribution in [3.63, 3.8) is 0 Å². The number of hydrogen-bond donors (Lipinski definition) is 2. The summed E-state index contributed by atoms with van der Waals surface area (Å²) in [7, 11) is 0. The number of nitrogens with zero attached hydrogens (tertiary/aromatic N) is 1. The van der Waals surface area contributed by atoms with E-state index < -0.39 is 5.97 Å². The van der Waals surface area contributed by atoms with Gasteiger partial charge in [0.1, 0.15) is 0 Å². The highest BCUT2D eigenvalue weighted by molar-refractivity contribution is 5.82. The summed E-state index contributed by atoms with van der Waals surface area (Å²) >= 11 is 0. The van der Waals surface area contributed by atoms with Crippen LogP contribution >= 0.6 is 0 Å². The number of amides is 1. The molecule has 1 aliphatic rings. The molecule has 0 aliphatic carbocycles. The molecular weight excluding hydrogens is 248 g/mol. The van der Waals surface area contributed by atoms with Crippen LogP contribution in [0.3, 0.4) is 0 Å². The van der Waals surface area contributed by atoms with Crippen molar-refractivity contribution in [3.05, 3.63) is 0 Å². The minimum atomic E-state index is -0.871. The largest absolute Gasteiger partial charge is 0.481 e. The first-order valence-corrected chi connectivity index (χ1v) is 6.58. The number of morpholine rings is 1. The third kappa shape index (κ3) is 5.16. The second kappa shape index (κ2) is 6.34. The maximum Gasteiger partial charge on any atom is 0.305 e. The SMILES string of the molecule is CC(C(=O)NC(C)(C)C)N1CCOCC1CC(=O)O. The summed E-state index contributed by atoms with van der Waals surface area (Å²) < 4.78 is 5.31. The highest BCUT2D eigenvalue weighted by atomic mass is 16.5. The van der Waals surface area contributed by atoms with Gasteiger partial charge >= 0.3 is 5.97 Å². The molecule has 0 aromatic heterocycles. The predicted octanol–water partition coefficient (Wildman–Crippen LogP) is 0.465. The molecule has 0 bridgehead atoms. The van der Waals surface area contributed by atoms with Crippen molar-refractivity contribution in [2.24, 2.45) is 0 Å². The monoisotopic (exact) mass is 272 g/mol. The summed E-state index contributed by atoms with van der Waals surface area (Å²) in [5.74, 6) is -0.950. The highest BCUT2D eigenvalue weighted by Crippen LogP contribution is 2.15. The Hall–Kier alpha value is -1.14. The molecule has 110 valence electrons. The normalized spacial score (nSPS) is 22.8. The number of carbonyl (C=O) groups excluding carboxylic acids is 1. The maximum atomic E-state index is 12.1. The number of rotatable bonds is 4. The van der Waals surface area contributed by atoms with Gasteiger partial charge in [0.2, 0.25) is 5.91 Å². The number of nitrogens with one attached hydrogen (secondary N) is 1. The van der Waals surface area contributed by atoms with Crippen molar-refractivity contribution in [1.82, 2.24) is 10.2 Å². The molecule has 1 saturated heterocycles. The lowest BCUT2D eigenvalue weighted by molar-refractivity contribution is -0.143. The summed E-state index contributed by atoms with van der Waals surface area (Å²) in [6.45, 7) is 9.05. The fourth-order valence-corrected chi connectivity index (χ4v) is 2.18. The molecule has 19 heavy (non-hydrogen) atoms. The van der Waals surface area contributed by atoms with Gasteiger partial charge in [0.05, 0.1) is 25.7 Å². The van der Waals surface area contributed by atoms with Gasteiger partial charge in [-0.3, -0.25) is 14.5 Å². The Morgan fingerprint density at radius 1 is 1.47 bits per heavy atom. The minimum absolute atomic E-state index is 0.00681. The van der Waals surface area contributed by atoms with E-state index >= 15 is 0 Å². The first kappa shape index (κ1) is 15.9. The molecule has 2 unspecified atom stereocenters. The molecule has 0 aromatic carbocycles. The first-order chi connectivity index (χ1) is 8.70. The van der Waals surface area contributed by atoms with Crippen molar-refractivity contribution < 1.29 is 19.4 Å². The van der Waals surface area contributed by atoms with Crippen LogP contribution < -0.4 is 5.32 Å². The van der Waals surface area contributed by atoms with E-state index in [0.717, 1.165) is 0 Å². The zero-order valence-corrected chi connectivity index (χ0v) is 12.1. The molecular formula is C13H24N2O4. The van der Waals surface area contributed by atoms with Crippen molar-refractivity contribution in [1.29, 1.82) is 0 Å². The summed E-state index contributed by atoms with van der Waals surface area (Å²) in [5, 5.41) is 11.8. The number of ether oxygens (including phenoxy) is 1. The Morgan fingerprint density at radius 3 is 2.63 bits per heavy atom. The van der Waals surface area contributed by atoms with Crippen LogP contribution in [0, 0.1) is 0 Å². The molecule has 0 saturated carbocycles. The molecule has 0 aromatic rings. The van der Waals surface area contributed by atoms with Gasteiger partial charge in [0, 0.05) is 18.1 Å². The molecule has 1 heterocycles. The first-order valence-electron chi connectivity index (χ1n) is 6.58. The van der Waals surface area contributed by atoms with E-state index in [-0.39, 0.29) is 30.0 Å². The van der Waals surface area contributed by atoms with Gasteiger partial charge in [0.15, 0.2) is 0 Å². The van der Waals surface area contributed by atoms with E-state index in [4.69, 9.17) is 9.84 Å². The summed E-state index contributed by atoms with van der Waals surface area (Å²) in [6.07, 6.45) is -0.00681. The van der Waals surface area contributed by atoms with Crippen LogP contribution in [0.5, 0.6) is 0 Å². The average Bonchev–Trinajstić information content (AvgIpc) is 2.25. The lowest BCUT2D eigenvalue weighted by Crippen LogP contribution is -2.57. The van der Waals surface area contributed by atoms with E-state index in [0.29, 0.717) is 19.8 Å². The van der Waals surface area contributed by atoms with Crippen LogP contribution in [0.2, 0.25) is 0 Å². The number of hydrogen-bond acceptors (Lipinski definition) is 4. The quantitative estimate of drug-likeness (QED) is 0.777. The molecule has 1 fully saturated rings. The zero-order chi connectivity index (χ0) is 14.6. The molecule has 1 amide bonds. The van der Waals surface area contributed by atoms with Crippen LogP contribution in [0.1, 0.15) is 34.1 Å². The minimum Gasteiger partial charge on any atom is -0.481 e. The van der Waals surface area contributed by atoms with Crippen molar-refractivity contribution in [2.75, 3.05) is 19.8 Å². The van der Waals surface area contributed by atoms with Crippen LogP contribution in [0.25, 0.3) is 0 Å². The smallest absolute Gasteiger partial charge is 0.305 e. The second-order valence-corrected chi connectivity index (χ2v) is 5.98. The number of aliphatic carboxylic acids is 1. The van der Waals surface area contributed by atoms with Gasteiger partial charge in [-0.1, -0.05) is 0 Å². The van der Waals surface area contributed by atoms with E-state index in [9.17, 15) is 9.59 Å². The van der Waals surface area contributed by atoms with Gasteiger partial charge < -0.3 is 15.2 Å². The summed E-state index contributed by atoms with van der Waals surface area (Å²) in [6, 6.07) is -0.598. The Balaban J connectivity index is 2.68. The van der Waals surface area contributed by atoms with Gasteiger partial charge in [-0.05, 0) is 27.7 Å². The van der Waals surface area contributed by atoms with Gasteiger partial charge in [-0.25, -0.2) is 0 Å². The number of carbonyl (C=O) groups is 2. The van der Waals surface area contributed by atoms with Gasteiger partial charge in [-0.2, -0.15) is 0 Å². The predicted molar refractivity (Wildman–Crippen MR) is 70.9 cm³/mol. The lowest BCUT2D eigenvalue weighted by Gasteiger charge is -2.39. The maximum absolute atomic E-state index is 12.1. The van der Waals surface area contributed by atoms with E-state index in [2.05, 4.69) is 5.32 Å². The Morgan fingerprint density at radius 2 is 2.11 bits per heavy atom. The molecule has 2 N–H and O–H groups in total. The molecule has 6 nitrogen and oxygen atoms in total. The topological polar surface area (TPSA) is 78.9 Å². The lowest BCUT2D eigenvalue weighted by atomic mass is 10.1. The fourth-order valence-electron chi connectivity index (χ4n) is 2.18. The second-order valence-electron chi connectivity index (χ2n) is 5.98. The standard InChI is InChI=1S/C13H24N2O4/c1-9(12(18)14-13(2,3)4)15-5-6-19-8-10(15)7-11(16)17/h9-10H,5-8H2,1-4H3,(H,14,18)(H,16,17). The summed E-state index contributed by atoms with van der Waals surface area (Å²) in [4.78, 5) is 24.9. The van der Waals surface area contributed by atoms with Gasteiger partial charge in [0.25, 0.3) is 0 Å². The third-order valence-corrected chi connectivity index (χ3v) is 3.06. The number of carboxylic acid groups (broad SMARTS) is 1. The van der Waals surface area contributed by atoms with Crippen LogP contribution in [0.15, 0.2) is 0 Å². The van der Waals surface area contributed by atoms with E-state index in [1.807, 2.05) is 25.7 Å². The van der Waals surface area contributed by atoms with Crippen molar-refractivity contribution >= 4 is 11.9 Å². The zero-order valence-electron chi connectivity index (χ0n) is 12.1. The molecule has 1 aliphatic heterocycles. The Bertz CT molecular complexity index is 338. The Kier molecular flexibility index (Phi) is 5.31. The number of carboxylic acids is 1. The molecule has 0 spiro atoms. The molecule has 6 heteroatoms. The van der Waals surface area contributed by atoms with E-state index in [1.165, 1.54) is 0 Å². The fraction of sp³-hybridized carbons (Fsp3) is 0.846. The Labute approximate surface area is 114 Å². The molecule has 2 atom stereocenters.